The van der Waals surface area contributed by atoms with Gasteiger partial charge in [0.1, 0.15) is 23.4 Å². The molecule has 0 aliphatic heterocycles. The molecule has 0 aliphatic rings. The van der Waals surface area contributed by atoms with Crippen molar-refractivity contribution in [3.05, 3.63) is 41.6 Å². The van der Waals surface area contributed by atoms with Crippen molar-refractivity contribution in [1.29, 1.82) is 5.26 Å². The number of anilines is 1. The molecule has 0 fully saturated rings. The second-order valence-electron chi connectivity index (χ2n) is 5.36. The molecule has 24 heavy (non-hydrogen) atoms. The van der Waals surface area contributed by atoms with E-state index in [1.807, 2.05) is 13.0 Å². The second kappa shape index (κ2) is 7.01. The van der Waals surface area contributed by atoms with Crippen LogP contribution < -0.4 is 4.72 Å². The van der Waals surface area contributed by atoms with Crippen LogP contribution in [0, 0.1) is 23.0 Å². The van der Waals surface area contributed by atoms with Crippen LogP contribution in [-0.2, 0) is 17.1 Å². The minimum atomic E-state index is -3.65. The molecule has 0 saturated carbocycles. The molecular weight excluding hydrogens is 336 g/mol. The monoisotopic (exact) mass is 353 g/mol. The molecule has 0 radical (unpaired) electrons. The Labute approximate surface area is 139 Å². The molecule has 2 rings (SSSR count). The summed E-state index contributed by atoms with van der Waals surface area (Å²) in [5.74, 6) is -1.93. The topological polar surface area (TPSA) is 74.9 Å². The smallest absolute Gasteiger partial charge is 0.232 e. The van der Waals surface area contributed by atoms with Crippen LogP contribution in [0.1, 0.15) is 25.5 Å². The van der Waals surface area contributed by atoms with E-state index in [1.54, 1.807) is 0 Å². The van der Waals surface area contributed by atoms with Gasteiger partial charge in [-0.25, -0.2) is 17.2 Å². The van der Waals surface area contributed by atoms with Crippen molar-refractivity contribution in [1.82, 2.24) is 4.57 Å². The molecule has 0 spiro atoms. The van der Waals surface area contributed by atoms with Crippen molar-refractivity contribution < 1.29 is 17.2 Å². The van der Waals surface area contributed by atoms with Crippen LogP contribution in [0.5, 0.6) is 0 Å². The van der Waals surface area contributed by atoms with E-state index < -0.39 is 21.7 Å². The van der Waals surface area contributed by atoms with E-state index in [0.29, 0.717) is 12.8 Å². The number of nitriles is 1. The molecule has 8 heteroatoms. The molecule has 128 valence electrons. The van der Waals surface area contributed by atoms with Gasteiger partial charge >= 0.3 is 0 Å². The van der Waals surface area contributed by atoms with Crippen LogP contribution in [0.2, 0.25) is 0 Å². The van der Waals surface area contributed by atoms with Crippen molar-refractivity contribution in [2.45, 2.75) is 19.8 Å². The van der Waals surface area contributed by atoms with Crippen LogP contribution in [-0.4, -0.2) is 18.7 Å². The van der Waals surface area contributed by atoms with Gasteiger partial charge in [-0.2, -0.15) is 5.26 Å². The van der Waals surface area contributed by atoms with Gasteiger partial charge in [0, 0.05) is 7.05 Å². The summed E-state index contributed by atoms with van der Waals surface area (Å²) in [5.41, 5.74) is -0.0230. The number of nitrogens with one attached hydrogen (secondary N) is 1. The lowest BCUT2D eigenvalue weighted by atomic mass is 10.1. The highest BCUT2D eigenvalue weighted by atomic mass is 32.2. The summed E-state index contributed by atoms with van der Waals surface area (Å²) in [7, 11) is -2.13. The zero-order valence-electron chi connectivity index (χ0n) is 13.3. The van der Waals surface area contributed by atoms with Crippen molar-refractivity contribution in [2.75, 3.05) is 10.5 Å². The molecule has 1 N–H and O–H groups in total. The minimum Gasteiger partial charge on any atom is -0.335 e. The first kappa shape index (κ1) is 17.9. The Hall–Kier alpha value is -2.40. The molecule has 0 atom stereocenters. The number of benzene rings is 1. The number of unbranched alkanes of at least 4 members (excludes halogenated alkanes) is 1. The average Bonchev–Trinajstić information content (AvgIpc) is 2.85. The highest BCUT2D eigenvalue weighted by molar-refractivity contribution is 7.92. The molecule has 0 amide bonds. The molecule has 0 saturated heterocycles. The van der Waals surface area contributed by atoms with E-state index in [0.717, 1.165) is 12.1 Å². The van der Waals surface area contributed by atoms with Gasteiger partial charge < -0.3 is 4.57 Å². The van der Waals surface area contributed by atoms with Gasteiger partial charge in [-0.05, 0) is 30.7 Å². The lowest BCUT2D eigenvalue weighted by molar-refractivity contribution is 0.587. The summed E-state index contributed by atoms with van der Waals surface area (Å²) in [6.07, 6.45) is 1.15. The lowest BCUT2D eigenvalue weighted by Gasteiger charge is -2.11. The molecule has 1 aromatic heterocycles. The highest BCUT2D eigenvalue weighted by Gasteiger charge is 2.19. The number of nitrogens with zero attached hydrogens (tertiary/aromatic N) is 2. The number of aromatic nitrogens is 1. The third kappa shape index (κ3) is 3.74. The standard InChI is InChI=1S/C16H17F2N3O2S/c1-3-4-7-24(22,23)20-11-8-13(17)16(14(18)9-11)15-6-5-12(10-19)21(15)2/h5-6,8-9,20H,3-4,7H2,1-2H3. The average molecular weight is 353 g/mol. The maximum atomic E-state index is 14.3. The molecule has 5 nitrogen and oxygen atoms in total. The van der Waals surface area contributed by atoms with Crippen LogP contribution in [0.25, 0.3) is 11.3 Å². The summed E-state index contributed by atoms with van der Waals surface area (Å²) in [6, 6.07) is 6.67. The Kier molecular flexibility index (Phi) is 5.24. The second-order valence-corrected chi connectivity index (χ2v) is 7.21. The Bertz CT molecular complexity index is 876. The largest absolute Gasteiger partial charge is 0.335 e. The summed E-state index contributed by atoms with van der Waals surface area (Å²) < 4.78 is 55.9. The van der Waals surface area contributed by atoms with Gasteiger partial charge in [0.25, 0.3) is 0 Å². The molecule has 1 heterocycles. The van der Waals surface area contributed by atoms with Gasteiger partial charge in [-0.3, -0.25) is 4.72 Å². The first-order valence-electron chi connectivity index (χ1n) is 7.34. The van der Waals surface area contributed by atoms with Crippen molar-refractivity contribution in [3.8, 4) is 17.3 Å². The highest BCUT2D eigenvalue weighted by Crippen LogP contribution is 2.30. The Morgan fingerprint density at radius 3 is 2.38 bits per heavy atom. The molecular formula is C16H17F2N3O2S. The van der Waals surface area contributed by atoms with E-state index in [-0.39, 0.29) is 28.4 Å². The maximum absolute atomic E-state index is 14.3. The summed E-state index contributed by atoms with van der Waals surface area (Å²) in [5, 5.41) is 8.92. The fourth-order valence-corrected chi connectivity index (χ4v) is 3.56. The summed E-state index contributed by atoms with van der Waals surface area (Å²) >= 11 is 0. The van der Waals surface area contributed by atoms with E-state index >= 15 is 0 Å². The quantitative estimate of drug-likeness (QED) is 0.865. The summed E-state index contributed by atoms with van der Waals surface area (Å²) in [6.45, 7) is 1.85. The molecule has 1 aromatic carbocycles. The van der Waals surface area contributed by atoms with Gasteiger partial charge in [-0.1, -0.05) is 13.3 Å². The fraction of sp³-hybridized carbons (Fsp3) is 0.312. The van der Waals surface area contributed by atoms with Crippen LogP contribution in [0.4, 0.5) is 14.5 Å². The first-order valence-corrected chi connectivity index (χ1v) is 9.00. The van der Waals surface area contributed by atoms with Crippen LogP contribution in [0.15, 0.2) is 24.3 Å². The number of hydrogen-bond acceptors (Lipinski definition) is 3. The van der Waals surface area contributed by atoms with E-state index in [4.69, 9.17) is 5.26 Å². The van der Waals surface area contributed by atoms with Gasteiger partial charge in [0.05, 0.1) is 22.7 Å². The van der Waals surface area contributed by atoms with Gasteiger partial charge in [-0.15, -0.1) is 0 Å². The molecule has 0 aliphatic carbocycles. The van der Waals surface area contributed by atoms with Crippen LogP contribution in [0.3, 0.4) is 0 Å². The van der Waals surface area contributed by atoms with E-state index in [1.165, 1.54) is 23.7 Å². The van der Waals surface area contributed by atoms with Gasteiger partial charge in [0.15, 0.2) is 0 Å². The van der Waals surface area contributed by atoms with Crippen LogP contribution >= 0.6 is 0 Å². The molecule has 0 unspecified atom stereocenters. The first-order chi connectivity index (χ1) is 11.3. The van der Waals surface area contributed by atoms with Crippen molar-refractivity contribution in [2.24, 2.45) is 7.05 Å². The third-order valence-corrected chi connectivity index (χ3v) is 4.95. The Morgan fingerprint density at radius 1 is 1.25 bits per heavy atom. The predicted molar refractivity (Wildman–Crippen MR) is 87.8 cm³/mol. The minimum absolute atomic E-state index is 0.113. The van der Waals surface area contributed by atoms with Gasteiger partial charge in [0.2, 0.25) is 10.0 Å². The number of halogens is 2. The number of hydrogen-bond donors (Lipinski definition) is 1. The zero-order valence-corrected chi connectivity index (χ0v) is 14.1. The van der Waals surface area contributed by atoms with Crippen molar-refractivity contribution >= 4 is 15.7 Å². The Balaban J connectivity index is 2.39. The third-order valence-electron chi connectivity index (χ3n) is 3.57. The Morgan fingerprint density at radius 2 is 1.88 bits per heavy atom. The number of sulfonamides is 1. The number of rotatable bonds is 6. The van der Waals surface area contributed by atoms with E-state index in [9.17, 15) is 17.2 Å². The molecule has 0 bridgehead atoms. The SMILES string of the molecule is CCCCS(=O)(=O)Nc1cc(F)c(-c2ccc(C#N)n2C)c(F)c1. The fourth-order valence-electron chi connectivity index (χ4n) is 2.32. The zero-order chi connectivity index (χ0) is 17.9. The lowest BCUT2D eigenvalue weighted by Crippen LogP contribution is -2.17. The van der Waals surface area contributed by atoms with Crippen molar-refractivity contribution in [3.63, 3.8) is 0 Å². The predicted octanol–water partition coefficient (Wildman–Crippen LogP) is 3.38. The molecule has 2 aromatic rings. The summed E-state index contributed by atoms with van der Waals surface area (Å²) in [4.78, 5) is 0. The van der Waals surface area contributed by atoms with E-state index in [2.05, 4.69) is 4.72 Å². The normalized spacial score (nSPS) is 11.3. The maximum Gasteiger partial charge on any atom is 0.232 e.